The van der Waals surface area contributed by atoms with Gasteiger partial charge in [-0.05, 0) is 12.3 Å². The average molecular weight is 191 g/mol. The molecule has 2 N–H and O–H groups in total. The lowest BCUT2D eigenvalue weighted by atomic mass is 10.0. The molecule has 0 aromatic heterocycles. The molecule has 0 saturated carbocycles. The summed E-state index contributed by atoms with van der Waals surface area (Å²) in [5, 5.41) is 16.2. The first-order valence-corrected chi connectivity index (χ1v) is 4.97. The Labute approximate surface area is 80.0 Å². The summed E-state index contributed by atoms with van der Waals surface area (Å²) >= 11 is 0. The molecule has 0 rings (SSSR count). The van der Waals surface area contributed by atoms with Crippen LogP contribution in [0, 0.1) is 5.92 Å². The number of rotatable bonds is 8. The maximum absolute atomic E-state index is 8.20. The topological polar surface area (TPSA) is 52.9 Å². The molecule has 80 valence electrons. The molecule has 0 fully saturated rings. The smallest absolute Gasteiger partial charge is 0.0736 e. The highest BCUT2D eigenvalue weighted by atomic mass is 17.1. The van der Waals surface area contributed by atoms with Crippen molar-refractivity contribution in [1.82, 2.24) is 5.39 Å². The predicted octanol–water partition coefficient (Wildman–Crippen LogP) is 2.60. The van der Waals surface area contributed by atoms with Crippen LogP contribution in [-0.4, -0.2) is 22.4 Å². The number of unbranched alkanes of at least 4 members (excludes halogenated alkanes) is 2. The Hall–Kier alpha value is -0.160. The fraction of sp³-hybridized carbons (Fsp3) is 1.00. The van der Waals surface area contributed by atoms with Crippen LogP contribution in [0.5, 0.6) is 0 Å². The van der Waals surface area contributed by atoms with E-state index in [2.05, 4.69) is 18.7 Å². The highest BCUT2D eigenvalue weighted by Crippen LogP contribution is 2.11. The van der Waals surface area contributed by atoms with Crippen LogP contribution in [0.15, 0.2) is 0 Å². The standard InChI is InChI=1S/C9H21NO3/c1-3-9(2)7-5-4-6-8-13-10(11)12/h9,11-12H,3-8H2,1-2H3. The summed E-state index contributed by atoms with van der Waals surface area (Å²) < 4.78 is 0. The van der Waals surface area contributed by atoms with Gasteiger partial charge in [-0.3, -0.25) is 15.3 Å². The molecule has 0 aromatic rings. The van der Waals surface area contributed by atoms with Crippen molar-refractivity contribution in [2.45, 2.75) is 46.0 Å². The summed E-state index contributed by atoms with van der Waals surface area (Å²) in [5.74, 6) is 0.799. The lowest BCUT2D eigenvalue weighted by Gasteiger charge is -2.08. The van der Waals surface area contributed by atoms with E-state index in [1.165, 1.54) is 19.3 Å². The highest BCUT2D eigenvalue weighted by Gasteiger charge is 1.98. The first kappa shape index (κ1) is 12.8. The van der Waals surface area contributed by atoms with E-state index in [9.17, 15) is 0 Å². The molecule has 0 aliphatic carbocycles. The van der Waals surface area contributed by atoms with Crippen molar-refractivity contribution >= 4 is 0 Å². The molecule has 0 aliphatic heterocycles. The van der Waals surface area contributed by atoms with Crippen LogP contribution in [0.1, 0.15) is 46.0 Å². The minimum Gasteiger partial charge on any atom is -0.266 e. The van der Waals surface area contributed by atoms with Crippen molar-refractivity contribution in [2.75, 3.05) is 6.61 Å². The zero-order valence-electron chi connectivity index (χ0n) is 8.57. The van der Waals surface area contributed by atoms with Crippen molar-refractivity contribution in [3.63, 3.8) is 0 Å². The van der Waals surface area contributed by atoms with Crippen molar-refractivity contribution < 1.29 is 15.3 Å². The molecular formula is C9H21NO3. The van der Waals surface area contributed by atoms with E-state index in [4.69, 9.17) is 10.4 Å². The molecule has 1 unspecified atom stereocenters. The summed E-state index contributed by atoms with van der Waals surface area (Å²) in [5.41, 5.74) is 0. The van der Waals surface area contributed by atoms with Gasteiger partial charge >= 0.3 is 0 Å². The van der Waals surface area contributed by atoms with Gasteiger partial charge in [0.1, 0.15) is 0 Å². The Morgan fingerprint density at radius 2 is 1.92 bits per heavy atom. The summed E-state index contributed by atoms with van der Waals surface area (Å²) in [6, 6.07) is 0. The summed E-state index contributed by atoms with van der Waals surface area (Å²) in [4.78, 5) is 4.42. The second-order valence-corrected chi connectivity index (χ2v) is 3.45. The molecule has 4 nitrogen and oxygen atoms in total. The fourth-order valence-corrected chi connectivity index (χ4v) is 1.12. The Morgan fingerprint density at radius 3 is 2.46 bits per heavy atom. The third-order valence-corrected chi connectivity index (χ3v) is 2.24. The lowest BCUT2D eigenvalue weighted by Crippen LogP contribution is -2.14. The van der Waals surface area contributed by atoms with Crippen LogP contribution < -0.4 is 0 Å². The molecule has 0 spiro atoms. The van der Waals surface area contributed by atoms with Crippen molar-refractivity contribution in [3.05, 3.63) is 0 Å². The average Bonchev–Trinajstić information content (AvgIpc) is 2.10. The van der Waals surface area contributed by atoms with Gasteiger partial charge < -0.3 is 0 Å². The third kappa shape index (κ3) is 9.76. The van der Waals surface area contributed by atoms with Gasteiger partial charge in [0.25, 0.3) is 0 Å². The summed E-state index contributed by atoms with van der Waals surface area (Å²) in [6.45, 7) is 4.82. The molecule has 0 amide bonds. The molecule has 4 heteroatoms. The monoisotopic (exact) mass is 191 g/mol. The molecule has 1 atom stereocenters. The normalized spacial score (nSPS) is 13.6. The molecule has 0 heterocycles. The van der Waals surface area contributed by atoms with Gasteiger partial charge in [-0.1, -0.05) is 39.5 Å². The van der Waals surface area contributed by atoms with E-state index in [0.717, 1.165) is 18.8 Å². The van der Waals surface area contributed by atoms with Crippen LogP contribution in [0.4, 0.5) is 0 Å². The van der Waals surface area contributed by atoms with E-state index in [-0.39, 0.29) is 5.39 Å². The minimum atomic E-state index is -0.228. The summed E-state index contributed by atoms with van der Waals surface area (Å²) in [7, 11) is 0. The van der Waals surface area contributed by atoms with Gasteiger partial charge in [-0.2, -0.15) is 0 Å². The zero-order valence-corrected chi connectivity index (χ0v) is 8.57. The maximum Gasteiger partial charge on any atom is 0.0736 e. The molecule has 13 heavy (non-hydrogen) atoms. The highest BCUT2D eigenvalue weighted by molar-refractivity contribution is 4.50. The van der Waals surface area contributed by atoms with Gasteiger partial charge in [-0.25, -0.2) is 0 Å². The van der Waals surface area contributed by atoms with Crippen molar-refractivity contribution in [2.24, 2.45) is 5.92 Å². The zero-order chi connectivity index (χ0) is 10.1. The van der Waals surface area contributed by atoms with E-state index in [0.29, 0.717) is 6.61 Å². The molecule has 0 aliphatic rings. The molecule has 0 radical (unpaired) electrons. The van der Waals surface area contributed by atoms with Gasteiger partial charge in [0, 0.05) is 0 Å². The van der Waals surface area contributed by atoms with Gasteiger partial charge in [-0.15, -0.1) is 0 Å². The summed E-state index contributed by atoms with van der Waals surface area (Å²) in [6.07, 6.45) is 5.62. The first-order valence-electron chi connectivity index (χ1n) is 4.97. The largest absolute Gasteiger partial charge is 0.266 e. The second kappa shape index (κ2) is 8.44. The molecule has 0 saturated heterocycles. The Morgan fingerprint density at radius 1 is 1.23 bits per heavy atom. The lowest BCUT2D eigenvalue weighted by molar-refractivity contribution is -0.492. The van der Waals surface area contributed by atoms with E-state index in [1.807, 2.05) is 0 Å². The second-order valence-electron chi connectivity index (χ2n) is 3.45. The third-order valence-electron chi connectivity index (χ3n) is 2.24. The number of hydrogen-bond acceptors (Lipinski definition) is 4. The van der Waals surface area contributed by atoms with E-state index >= 15 is 0 Å². The van der Waals surface area contributed by atoms with Crippen LogP contribution in [0.25, 0.3) is 0 Å². The maximum atomic E-state index is 8.20. The van der Waals surface area contributed by atoms with Gasteiger partial charge in [0.15, 0.2) is 0 Å². The van der Waals surface area contributed by atoms with Crippen molar-refractivity contribution in [1.29, 1.82) is 0 Å². The number of nitrogens with zero attached hydrogens (tertiary/aromatic N) is 1. The Kier molecular flexibility index (Phi) is 8.33. The van der Waals surface area contributed by atoms with Crippen LogP contribution in [0.3, 0.4) is 0 Å². The molecule has 0 bridgehead atoms. The first-order chi connectivity index (χ1) is 6.16. The molecular weight excluding hydrogens is 170 g/mol. The quantitative estimate of drug-likeness (QED) is 0.457. The van der Waals surface area contributed by atoms with Gasteiger partial charge in [0.2, 0.25) is 0 Å². The number of hydrogen-bond donors (Lipinski definition) is 2. The van der Waals surface area contributed by atoms with Crippen LogP contribution in [0.2, 0.25) is 0 Å². The fourth-order valence-electron chi connectivity index (χ4n) is 1.12. The van der Waals surface area contributed by atoms with Crippen LogP contribution in [-0.2, 0) is 4.84 Å². The Balaban J connectivity index is 2.99. The van der Waals surface area contributed by atoms with E-state index in [1.54, 1.807) is 0 Å². The Bertz CT molecular complexity index is 109. The van der Waals surface area contributed by atoms with Crippen LogP contribution >= 0.6 is 0 Å². The van der Waals surface area contributed by atoms with Crippen molar-refractivity contribution in [3.8, 4) is 0 Å². The predicted molar refractivity (Wildman–Crippen MR) is 49.3 cm³/mol. The van der Waals surface area contributed by atoms with E-state index < -0.39 is 0 Å². The SMILES string of the molecule is CCC(C)CCCCCON(O)O. The minimum absolute atomic E-state index is 0.228. The van der Waals surface area contributed by atoms with Gasteiger partial charge in [0.05, 0.1) is 12.0 Å². The molecule has 0 aromatic carbocycles.